The van der Waals surface area contributed by atoms with Gasteiger partial charge in [-0.05, 0) is 28.8 Å². The molecule has 1 rings (SSSR count). The van der Waals surface area contributed by atoms with Gasteiger partial charge in [0.2, 0.25) is 0 Å². The van der Waals surface area contributed by atoms with Crippen LogP contribution >= 0.6 is 15.9 Å². The first-order chi connectivity index (χ1) is 5.74. The molecule has 0 heterocycles. The maximum atomic E-state index is 10.2. The summed E-state index contributed by atoms with van der Waals surface area (Å²) in [6.45, 7) is 0. The quantitative estimate of drug-likeness (QED) is 0.576. The van der Waals surface area contributed by atoms with Crippen molar-refractivity contribution >= 4 is 27.7 Å². The third kappa shape index (κ3) is 2.17. The minimum atomic E-state index is -0.415. The Morgan fingerprint density at radius 2 is 1.92 bits per heavy atom. The normalized spacial score (nSPS) is 10.4. The second kappa shape index (κ2) is 4.01. The summed E-state index contributed by atoms with van der Waals surface area (Å²) in [4.78, 5) is 11.5. The highest BCUT2D eigenvalue weighted by Crippen LogP contribution is 2.12. The van der Waals surface area contributed by atoms with Crippen LogP contribution in [0.5, 0.6) is 0 Å². The van der Waals surface area contributed by atoms with E-state index in [1.165, 1.54) is 12.1 Å². The van der Waals surface area contributed by atoms with E-state index in [4.69, 9.17) is 0 Å². The smallest absolute Gasteiger partial charge is 0.258 e. The van der Waals surface area contributed by atoms with Crippen molar-refractivity contribution in [1.29, 1.82) is 0 Å². The number of benzene rings is 1. The maximum Gasteiger partial charge on any atom is 0.269 e. The molecule has 0 unspecified atom stereocenters. The molecule has 0 bridgehead atoms. The van der Waals surface area contributed by atoms with Crippen LogP contribution in [0.2, 0.25) is 0 Å². The SMILES string of the molecule is O=[N+]([O-])c1ccc(C=CBr)cc1. The van der Waals surface area contributed by atoms with Crippen LogP contribution < -0.4 is 0 Å². The van der Waals surface area contributed by atoms with Crippen LogP contribution in [0.1, 0.15) is 5.56 Å². The molecule has 4 heteroatoms. The summed E-state index contributed by atoms with van der Waals surface area (Å²) in [5.74, 6) is 0. The maximum absolute atomic E-state index is 10.2. The molecule has 0 aliphatic carbocycles. The number of halogens is 1. The van der Waals surface area contributed by atoms with Crippen LogP contribution in [-0.2, 0) is 0 Å². The van der Waals surface area contributed by atoms with Crippen molar-refractivity contribution in [3.05, 3.63) is 44.9 Å². The minimum Gasteiger partial charge on any atom is -0.258 e. The molecule has 0 aromatic heterocycles. The van der Waals surface area contributed by atoms with Crippen molar-refractivity contribution in [2.75, 3.05) is 0 Å². The Morgan fingerprint density at radius 1 is 1.33 bits per heavy atom. The summed E-state index contributed by atoms with van der Waals surface area (Å²) in [7, 11) is 0. The minimum absolute atomic E-state index is 0.113. The van der Waals surface area contributed by atoms with Crippen molar-refractivity contribution in [2.24, 2.45) is 0 Å². The van der Waals surface area contributed by atoms with E-state index in [0.29, 0.717) is 0 Å². The van der Waals surface area contributed by atoms with Gasteiger partial charge in [0.15, 0.2) is 0 Å². The largest absolute Gasteiger partial charge is 0.269 e. The summed E-state index contributed by atoms with van der Waals surface area (Å²) < 4.78 is 0. The standard InChI is InChI=1S/C8H6BrNO2/c9-6-5-7-1-3-8(4-2-7)10(11)12/h1-6H. The van der Waals surface area contributed by atoms with Gasteiger partial charge in [-0.15, -0.1) is 0 Å². The molecular weight excluding hydrogens is 222 g/mol. The van der Waals surface area contributed by atoms with E-state index in [-0.39, 0.29) is 5.69 Å². The van der Waals surface area contributed by atoms with Crippen LogP contribution in [0.3, 0.4) is 0 Å². The monoisotopic (exact) mass is 227 g/mol. The Bertz CT molecular complexity index is 305. The van der Waals surface area contributed by atoms with Crippen molar-refractivity contribution in [2.45, 2.75) is 0 Å². The summed E-state index contributed by atoms with van der Waals surface area (Å²) in [5.41, 5.74) is 1.04. The van der Waals surface area contributed by atoms with Gasteiger partial charge in [0.1, 0.15) is 0 Å². The number of nitro benzene ring substituents is 1. The van der Waals surface area contributed by atoms with E-state index in [1.807, 2.05) is 6.08 Å². The van der Waals surface area contributed by atoms with Gasteiger partial charge in [0.25, 0.3) is 5.69 Å². The molecule has 0 saturated heterocycles. The number of hydrogen-bond donors (Lipinski definition) is 0. The number of nitro groups is 1. The first-order valence-corrected chi connectivity index (χ1v) is 4.17. The average Bonchev–Trinajstić information content (AvgIpc) is 2.06. The van der Waals surface area contributed by atoms with Gasteiger partial charge in [0, 0.05) is 12.1 Å². The van der Waals surface area contributed by atoms with Crippen LogP contribution in [0.4, 0.5) is 5.69 Å². The molecule has 0 spiro atoms. The Balaban J connectivity index is 2.93. The molecule has 0 aliphatic heterocycles. The van der Waals surface area contributed by atoms with E-state index in [9.17, 15) is 10.1 Å². The molecule has 1 aromatic carbocycles. The second-order valence-electron chi connectivity index (χ2n) is 2.14. The third-order valence-electron chi connectivity index (χ3n) is 1.36. The first kappa shape index (κ1) is 8.93. The Kier molecular flexibility index (Phi) is 2.99. The molecule has 12 heavy (non-hydrogen) atoms. The molecule has 0 saturated carbocycles. The molecule has 0 atom stereocenters. The molecule has 0 aliphatic rings. The van der Waals surface area contributed by atoms with Gasteiger partial charge in [-0.1, -0.05) is 15.9 Å². The van der Waals surface area contributed by atoms with Crippen LogP contribution in [0, 0.1) is 10.1 Å². The molecule has 0 fully saturated rings. The number of nitrogens with zero attached hydrogens (tertiary/aromatic N) is 1. The number of hydrogen-bond acceptors (Lipinski definition) is 2. The number of non-ortho nitro benzene ring substituents is 1. The highest BCUT2D eigenvalue weighted by Gasteiger charge is 2.01. The fraction of sp³-hybridized carbons (Fsp3) is 0. The summed E-state index contributed by atoms with van der Waals surface area (Å²) in [5, 5.41) is 10.2. The van der Waals surface area contributed by atoms with Crippen molar-refractivity contribution in [3.63, 3.8) is 0 Å². The van der Waals surface area contributed by atoms with Gasteiger partial charge in [-0.2, -0.15) is 0 Å². The predicted octanol–water partition coefficient (Wildman–Crippen LogP) is 2.96. The average molecular weight is 228 g/mol. The zero-order valence-corrected chi connectivity index (χ0v) is 7.69. The van der Waals surface area contributed by atoms with Crippen LogP contribution in [-0.4, -0.2) is 4.92 Å². The fourth-order valence-electron chi connectivity index (χ4n) is 0.780. The third-order valence-corrected chi connectivity index (χ3v) is 1.62. The van der Waals surface area contributed by atoms with Gasteiger partial charge in [-0.3, -0.25) is 10.1 Å². The molecular formula is C8H6BrNO2. The second-order valence-corrected chi connectivity index (χ2v) is 2.67. The molecule has 1 aromatic rings. The molecule has 3 nitrogen and oxygen atoms in total. The molecule has 0 N–H and O–H groups in total. The number of rotatable bonds is 2. The van der Waals surface area contributed by atoms with E-state index in [2.05, 4.69) is 15.9 Å². The van der Waals surface area contributed by atoms with Gasteiger partial charge in [0.05, 0.1) is 4.92 Å². The van der Waals surface area contributed by atoms with E-state index in [0.717, 1.165) is 5.56 Å². The zero-order valence-electron chi connectivity index (χ0n) is 6.11. The first-order valence-electron chi connectivity index (χ1n) is 3.25. The van der Waals surface area contributed by atoms with E-state index < -0.39 is 4.92 Å². The summed E-state index contributed by atoms with van der Waals surface area (Å²) in [6, 6.07) is 6.33. The molecule has 0 radical (unpaired) electrons. The van der Waals surface area contributed by atoms with Gasteiger partial charge < -0.3 is 0 Å². The van der Waals surface area contributed by atoms with Crippen molar-refractivity contribution in [1.82, 2.24) is 0 Å². The lowest BCUT2D eigenvalue weighted by molar-refractivity contribution is -0.384. The van der Waals surface area contributed by atoms with Gasteiger partial charge in [-0.25, -0.2) is 0 Å². The highest BCUT2D eigenvalue weighted by atomic mass is 79.9. The van der Waals surface area contributed by atoms with E-state index >= 15 is 0 Å². The fourth-order valence-corrected chi connectivity index (χ4v) is 1.09. The Labute approximate surface area is 78.0 Å². The Hall–Kier alpha value is -1.16. The zero-order chi connectivity index (χ0) is 8.97. The van der Waals surface area contributed by atoms with Crippen LogP contribution in [0.15, 0.2) is 29.3 Å². The van der Waals surface area contributed by atoms with Gasteiger partial charge >= 0.3 is 0 Å². The summed E-state index contributed by atoms with van der Waals surface area (Å²) >= 11 is 3.12. The lowest BCUT2D eigenvalue weighted by Crippen LogP contribution is -1.86. The highest BCUT2D eigenvalue weighted by molar-refractivity contribution is 9.11. The lowest BCUT2D eigenvalue weighted by atomic mass is 10.2. The summed E-state index contributed by atoms with van der Waals surface area (Å²) in [6.07, 6.45) is 1.81. The van der Waals surface area contributed by atoms with Crippen LogP contribution in [0.25, 0.3) is 6.08 Å². The van der Waals surface area contributed by atoms with Crippen molar-refractivity contribution in [3.8, 4) is 0 Å². The molecule has 62 valence electrons. The van der Waals surface area contributed by atoms with E-state index in [1.54, 1.807) is 17.1 Å². The van der Waals surface area contributed by atoms with Crippen molar-refractivity contribution < 1.29 is 4.92 Å². The topological polar surface area (TPSA) is 43.1 Å². The Morgan fingerprint density at radius 3 is 2.33 bits per heavy atom. The lowest BCUT2D eigenvalue weighted by Gasteiger charge is -1.91. The molecule has 0 amide bonds. The predicted molar refractivity (Wildman–Crippen MR) is 51.1 cm³/mol.